The van der Waals surface area contributed by atoms with Crippen LogP contribution >= 0.6 is 0 Å². The molecule has 0 aliphatic carbocycles. The van der Waals surface area contributed by atoms with Crippen LogP contribution in [0, 0.1) is 23.7 Å². The Hall–Kier alpha value is -1.42. The topological polar surface area (TPSA) is 31.0 Å². The molecule has 0 aromatic rings. The van der Waals surface area contributed by atoms with E-state index in [0.717, 1.165) is 25.2 Å². The van der Waals surface area contributed by atoms with Gasteiger partial charge in [0.2, 0.25) is 5.79 Å². The van der Waals surface area contributed by atoms with Gasteiger partial charge in [-0.15, -0.1) is 0 Å². The predicted molar refractivity (Wildman–Crippen MR) is 57.0 cm³/mol. The van der Waals surface area contributed by atoms with E-state index in [-0.39, 0.29) is 12.2 Å². The van der Waals surface area contributed by atoms with Crippen LogP contribution in [0.2, 0.25) is 0 Å². The van der Waals surface area contributed by atoms with Crippen LogP contribution in [0.1, 0.15) is 19.8 Å². The van der Waals surface area contributed by atoms with Crippen molar-refractivity contribution in [2.75, 3.05) is 6.61 Å². The van der Waals surface area contributed by atoms with Gasteiger partial charge >= 0.3 is 0 Å². The summed E-state index contributed by atoms with van der Waals surface area (Å²) in [6, 6.07) is 0. The molecule has 16 heavy (non-hydrogen) atoms. The highest BCUT2D eigenvalue weighted by Crippen LogP contribution is 2.52. The van der Waals surface area contributed by atoms with E-state index in [1.807, 2.05) is 0 Å². The summed E-state index contributed by atoms with van der Waals surface area (Å²) in [6.07, 6.45) is 3.83. The number of hydrogen-bond acceptors (Lipinski definition) is 3. The van der Waals surface area contributed by atoms with Crippen molar-refractivity contribution in [3.8, 4) is 23.7 Å². The van der Waals surface area contributed by atoms with Gasteiger partial charge < -0.3 is 14.2 Å². The van der Waals surface area contributed by atoms with Crippen LogP contribution in [0.4, 0.5) is 0 Å². The fraction of sp³-hybridized carbons (Fsp3) is 0.538. The van der Waals surface area contributed by atoms with Crippen LogP contribution in [-0.4, -0.2) is 24.6 Å². The van der Waals surface area contributed by atoms with Crippen molar-refractivity contribution in [3.05, 3.63) is 11.8 Å². The third kappa shape index (κ3) is 1.41. The zero-order valence-corrected chi connectivity index (χ0v) is 9.08. The fourth-order valence-electron chi connectivity index (χ4n) is 2.24. The molecule has 82 valence electrons. The van der Waals surface area contributed by atoms with Crippen LogP contribution in [-0.2, 0) is 14.2 Å². The number of ether oxygens (including phenoxy) is 3. The predicted octanol–water partition coefficient (Wildman–Crippen LogP) is 1.20. The summed E-state index contributed by atoms with van der Waals surface area (Å²) in [5.41, 5.74) is 0. The molecule has 0 radical (unpaired) electrons. The summed E-state index contributed by atoms with van der Waals surface area (Å²) in [5, 5.41) is 0. The summed E-state index contributed by atoms with van der Waals surface area (Å²) < 4.78 is 17.0. The largest absolute Gasteiger partial charge is 0.460 e. The van der Waals surface area contributed by atoms with Gasteiger partial charge in [0.05, 0.1) is 6.61 Å². The maximum absolute atomic E-state index is 5.82. The van der Waals surface area contributed by atoms with Crippen LogP contribution in [0.3, 0.4) is 0 Å². The zero-order chi connectivity index (χ0) is 11.0. The Kier molecular flexibility index (Phi) is 2.17. The van der Waals surface area contributed by atoms with Crippen molar-refractivity contribution in [2.24, 2.45) is 0 Å². The molecule has 0 aromatic heterocycles. The van der Waals surface area contributed by atoms with Crippen molar-refractivity contribution in [2.45, 2.75) is 37.8 Å². The monoisotopic (exact) mass is 216 g/mol. The Morgan fingerprint density at radius 1 is 1.44 bits per heavy atom. The van der Waals surface area contributed by atoms with Gasteiger partial charge in [0.25, 0.3) is 0 Å². The van der Waals surface area contributed by atoms with E-state index in [1.54, 1.807) is 13.0 Å². The lowest BCUT2D eigenvalue weighted by Crippen LogP contribution is -2.33. The molecule has 0 N–H and O–H groups in total. The van der Waals surface area contributed by atoms with E-state index in [0.29, 0.717) is 0 Å². The normalized spacial score (nSPS) is 40.7. The second-order valence-electron chi connectivity index (χ2n) is 4.03. The average Bonchev–Trinajstić information content (AvgIpc) is 2.90. The van der Waals surface area contributed by atoms with Gasteiger partial charge in [-0.05, 0) is 25.2 Å². The highest BCUT2D eigenvalue weighted by Gasteiger charge is 2.67. The van der Waals surface area contributed by atoms with E-state index in [2.05, 4.69) is 23.7 Å². The molecule has 3 fully saturated rings. The van der Waals surface area contributed by atoms with Crippen molar-refractivity contribution >= 4 is 0 Å². The first-order chi connectivity index (χ1) is 7.86. The van der Waals surface area contributed by atoms with Gasteiger partial charge in [-0.25, -0.2) is 0 Å². The molecule has 0 unspecified atom stereocenters. The van der Waals surface area contributed by atoms with Crippen molar-refractivity contribution < 1.29 is 14.2 Å². The smallest absolute Gasteiger partial charge is 0.239 e. The van der Waals surface area contributed by atoms with E-state index < -0.39 is 5.79 Å². The van der Waals surface area contributed by atoms with Gasteiger partial charge in [-0.1, -0.05) is 11.8 Å². The average molecular weight is 216 g/mol. The number of allylic oxidation sites excluding steroid dienone is 1. The maximum atomic E-state index is 5.82. The minimum Gasteiger partial charge on any atom is -0.460 e. The van der Waals surface area contributed by atoms with Crippen molar-refractivity contribution in [1.82, 2.24) is 0 Å². The molecule has 0 aromatic carbocycles. The van der Waals surface area contributed by atoms with E-state index in [4.69, 9.17) is 14.2 Å². The molecule has 3 aliphatic rings. The number of epoxide rings is 1. The van der Waals surface area contributed by atoms with Gasteiger partial charge in [0, 0.05) is 12.5 Å². The zero-order valence-electron chi connectivity index (χ0n) is 9.08. The number of rotatable bonds is 0. The second-order valence-corrected chi connectivity index (χ2v) is 4.03. The van der Waals surface area contributed by atoms with Crippen LogP contribution in [0.25, 0.3) is 0 Å². The van der Waals surface area contributed by atoms with Crippen LogP contribution in [0.15, 0.2) is 11.8 Å². The minimum atomic E-state index is -0.505. The molecule has 3 nitrogen and oxygen atoms in total. The van der Waals surface area contributed by atoms with E-state index >= 15 is 0 Å². The molecule has 1 spiro atoms. The Balaban J connectivity index is 1.76. The quantitative estimate of drug-likeness (QED) is 0.450. The Morgan fingerprint density at radius 3 is 3.12 bits per heavy atom. The standard InChI is InChI=1S/C13H12O3/c1-2-3-4-5-7-10-11-12(15-11)13(16-10)8-6-9-14-13/h7,11-12H,6,8-9H2,1H3/t11-,12-,13-/m0/s1. The first kappa shape index (κ1) is 9.78. The van der Waals surface area contributed by atoms with Gasteiger partial charge in [-0.2, -0.15) is 0 Å². The molecule has 3 rings (SSSR count). The Morgan fingerprint density at radius 2 is 2.38 bits per heavy atom. The summed E-state index contributed by atoms with van der Waals surface area (Å²) in [4.78, 5) is 0. The lowest BCUT2D eigenvalue weighted by molar-refractivity contribution is -0.192. The maximum Gasteiger partial charge on any atom is 0.239 e. The van der Waals surface area contributed by atoms with Gasteiger partial charge in [-0.3, -0.25) is 0 Å². The summed E-state index contributed by atoms with van der Waals surface area (Å²) in [5.74, 6) is 11.2. The molecule has 3 heteroatoms. The highest BCUT2D eigenvalue weighted by molar-refractivity contribution is 5.34. The summed E-state index contributed by atoms with van der Waals surface area (Å²) >= 11 is 0. The fourth-order valence-corrected chi connectivity index (χ4v) is 2.24. The number of fused-ring (bicyclic) bond motifs is 2. The first-order valence-electron chi connectivity index (χ1n) is 5.46. The molecule has 0 amide bonds. The summed E-state index contributed by atoms with van der Waals surface area (Å²) in [6.45, 7) is 2.52. The molecule has 3 aliphatic heterocycles. The molecule has 3 heterocycles. The van der Waals surface area contributed by atoms with E-state index in [1.165, 1.54) is 0 Å². The molecular weight excluding hydrogens is 204 g/mol. The summed E-state index contributed by atoms with van der Waals surface area (Å²) in [7, 11) is 0. The Labute approximate surface area is 94.8 Å². The molecule has 3 saturated heterocycles. The van der Waals surface area contributed by atoms with Gasteiger partial charge in [0.1, 0.15) is 11.9 Å². The minimum absolute atomic E-state index is 0.0574. The SMILES string of the molecule is CC#CC#CC=C1O[C@@]2(CCCO2)[C@H]2O[C@@H]12. The number of hydrogen-bond donors (Lipinski definition) is 0. The van der Waals surface area contributed by atoms with Gasteiger partial charge in [0.15, 0.2) is 6.10 Å². The third-order valence-corrected chi connectivity index (χ3v) is 2.99. The Bertz CT molecular complexity index is 449. The first-order valence-corrected chi connectivity index (χ1v) is 5.46. The lowest BCUT2D eigenvalue weighted by atomic mass is 10.1. The highest BCUT2D eigenvalue weighted by atomic mass is 16.8. The molecule has 0 saturated carbocycles. The van der Waals surface area contributed by atoms with Crippen LogP contribution < -0.4 is 0 Å². The molecular formula is C13H12O3. The third-order valence-electron chi connectivity index (χ3n) is 2.99. The van der Waals surface area contributed by atoms with E-state index in [9.17, 15) is 0 Å². The second kappa shape index (κ2) is 3.56. The van der Waals surface area contributed by atoms with Crippen molar-refractivity contribution in [3.63, 3.8) is 0 Å². The molecule has 0 bridgehead atoms. The van der Waals surface area contributed by atoms with Crippen molar-refractivity contribution in [1.29, 1.82) is 0 Å². The van der Waals surface area contributed by atoms with Crippen LogP contribution in [0.5, 0.6) is 0 Å². The lowest BCUT2D eigenvalue weighted by Gasteiger charge is -2.23. The molecule has 3 atom stereocenters.